The Morgan fingerprint density at radius 3 is 2.78 bits per heavy atom. The van der Waals surface area contributed by atoms with Crippen LogP contribution in [0.3, 0.4) is 0 Å². The van der Waals surface area contributed by atoms with E-state index in [1.165, 1.54) is 18.4 Å². The van der Waals surface area contributed by atoms with Crippen molar-refractivity contribution in [1.29, 1.82) is 5.41 Å². The van der Waals surface area contributed by atoms with Crippen molar-refractivity contribution < 1.29 is 4.74 Å². The van der Waals surface area contributed by atoms with Crippen LogP contribution >= 0.6 is 0 Å². The average Bonchev–Trinajstić information content (AvgIpc) is 3.04. The Balaban J connectivity index is 1.62. The van der Waals surface area contributed by atoms with Gasteiger partial charge in [-0.05, 0) is 30.7 Å². The van der Waals surface area contributed by atoms with Crippen LogP contribution in [0.2, 0.25) is 0 Å². The van der Waals surface area contributed by atoms with Crippen molar-refractivity contribution in [2.45, 2.75) is 38.0 Å². The lowest BCUT2D eigenvalue weighted by Crippen LogP contribution is -2.42. The van der Waals surface area contributed by atoms with Crippen LogP contribution in [0, 0.1) is 11.3 Å². The minimum Gasteiger partial charge on any atom is -0.376 e. The van der Waals surface area contributed by atoms with Crippen LogP contribution in [-0.2, 0) is 11.3 Å². The Morgan fingerprint density at radius 2 is 2.00 bits per heavy atom. The lowest BCUT2D eigenvalue weighted by molar-refractivity contribution is 0.0635. The van der Waals surface area contributed by atoms with E-state index in [1.807, 2.05) is 6.07 Å². The molecule has 4 rings (SSSR count). The van der Waals surface area contributed by atoms with E-state index in [4.69, 9.17) is 10.1 Å². The van der Waals surface area contributed by atoms with Gasteiger partial charge in [0.25, 0.3) is 0 Å². The first kappa shape index (κ1) is 10.6. The van der Waals surface area contributed by atoms with Gasteiger partial charge in [0, 0.05) is 18.7 Å². The largest absolute Gasteiger partial charge is 0.376 e. The standard InChI is InChI=1S/C15H18N2O/c16-15-12-4-2-1-3-11(12)9-17(15)13-7-8-18-14(13)10-5-6-10/h1-4,10,13-14,16H,5-9H2. The number of nitrogens with one attached hydrogen (secondary N) is 1. The fourth-order valence-corrected chi connectivity index (χ4v) is 3.40. The molecular weight excluding hydrogens is 224 g/mol. The van der Waals surface area contributed by atoms with Crippen LogP contribution in [0.25, 0.3) is 0 Å². The zero-order valence-electron chi connectivity index (χ0n) is 10.4. The molecule has 0 bridgehead atoms. The van der Waals surface area contributed by atoms with Gasteiger partial charge in [0.15, 0.2) is 0 Å². The number of benzene rings is 1. The van der Waals surface area contributed by atoms with Crippen LogP contribution < -0.4 is 0 Å². The summed E-state index contributed by atoms with van der Waals surface area (Å²) in [7, 11) is 0. The van der Waals surface area contributed by atoms with Crippen LogP contribution in [0.1, 0.15) is 30.4 Å². The number of nitrogens with zero attached hydrogens (tertiary/aromatic N) is 1. The number of fused-ring (bicyclic) bond motifs is 1. The molecule has 1 saturated heterocycles. The van der Waals surface area contributed by atoms with Gasteiger partial charge in [0.2, 0.25) is 0 Å². The van der Waals surface area contributed by atoms with Crippen LogP contribution in [-0.4, -0.2) is 29.5 Å². The molecule has 2 atom stereocenters. The van der Waals surface area contributed by atoms with Crippen molar-refractivity contribution >= 4 is 5.84 Å². The van der Waals surface area contributed by atoms with Gasteiger partial charge in [-0.25, -0.2) is 0 Å². The molecule has 18 heavy (non-hydrogen) atoms. The minimum absolute atomic E-state index is 0.375. The molecule has 3 heteroatoms. The summed E-state index contributed by atoms with van der Waals surface area (Å²) in [5.41, 5.74) is 2.41. The fraction of sp³-hybridized carbons (Fsp3) is 0.533. The molecule has 1 aromatic rings. The third kappa shape index (κ3) is 1.50. The van der Waals surface area contributed by atoms with Crippen LogP contribution in [0.5, 0.6) is 0 Å². The third-order valence-electron chi connectivity index (χ3n) is 4.49. The number of hydrogen-bond acceptors (Lipinski definition) is 2. The fourth-order valence-electron chi connectivity index (χ4n) is 3.40. The van der Waals surface area contributed by atoms with E-state index in [0.717, 1.165) is 31.1 Å². The quantitative estimate of drug-likeness (QED) is 0.864. The smallest absolute Gasteiger partial charge is 0.129 e. The van der Waals surface area contributed by atoms with Crippen molar-refractivity contribution in [3.63, 3.8) is 0 Å². The van der Waals surface area contributed by atoms with Gasteiger partial charge >= 0.3 is 0 Å². The molecule has 1 aliphatic carbocycles. The first-order chi connectivity index (χ1) is 8.84. The molecule has 1 saturated carbocycles. The summed E-state index contributed by atoms with van der Waals surface area (Å²) >= 11 is 0. The van der Waals surface area contributed by atoms with Gasteiger partial charge in [-0.2, -0.15) is 0 Å². The first-order valence-corrected chi connectivity index (χ1v) is 6.89. The normalized spacial score (nSPS) is 30.9. The highest BCUT2D eigenvalue weighted by Gasteiger charge is 2.45. The summed E-state index contributed by atoms with van der Waals surface area (Å²) in [6.07, 6.45) is 4.09. The molecule has 0 spiro atoms. The molecule has 1 aromatic carbocycles. The molecular formula is C15H18N2O. The first-order valence-electron chi connectivity index (χ1n) is 6.89. The predicted molar refractivity (Wildman–Crippen MR) is 69.7 cm³/mol. The second-order valence-corrected chi connectivity index (χ2v) is 5.66. The van der Waals surface area contributed by atoms with E-state index in [9.17, 15) is 0 Å². The summed E-state index contributed by atoms with van der Waals surface area (Å²) in [6.45, 7) is 1.76. The average molecular weight is 242 g/mol. The number of hydrogen-bond donors (Lipinski definition) is 1. The highest BCUT2D eigenvalue weighted by Crippen LogP contribution is 2.41. The summed E-state index contributed by atoms with van der Waals surface area (Å²) in [4.78, 5) is 2.26. The van der Waals surface area contributed by atoms with Crippen molar-refractivity contribution in [3.05, 3.63) is 35.4 Å². The van der Waals surface area contributed by atoms with Gasteiger partial charge in [-0.15, -0.1) is 0 Å². The van der Waals surface area contributed by atoms with Gasteiger partial charge in [-0.1, -0.05) is 24.3 Å². The summed E-state index contributed by atoms with van der Waals surface area (Å²) in [5, 5.41) is 8.37. The molecule has 3 nitrogen and oxygen atoms in total. The lowest BCUT2D eigenvalue weighted by Gasteiger charge is -2.29. The predicted octanol–water partition coefficient (Wildman–Crippen LogP) is 2.40. The Kier molecular flexibility index (Phi) is 2.24. The van der Waals surface area contributed by atoms with Gasteiger partial charge in [0.1, 0.15) is 5.84 Å². The molecule has 2 unspecified atom stereocenters. The molecule has 0 aromatic heterocycles. The Labute approximate surface area is 107 Å². The summed E-state index contributed by atoms with van der Waals surface area (Å²) in [6, 6.07) is 8.74. The van der Waals surface area contributed by atoms with E-state index in [0.29, 0.717) is 18.0 Å². The van der Waals surface area contributed by atoms with Crippen LogP contribution in [0.15, 0.2) is 24.3 Å². The second kappa shape index (κ2) is 3.82. The second-order valence-electron chi connectivity index (χ2n) is 5.66. The molecule has 2 aliphatic heterocycles. The number of ether oxygens (including phenoxy) is 1. The van der Waals surface area contributed by atoms with Crippen molar-refractivity contribution in [2.75, 3.05) is 6.61 Å². The third-order valence-corrected chi connectivity index (χ3v) is 4.49. The zero-order valence-corrected chi connectivity index (χ0v) is 10.4. The molecule has 2 fully saturated rings. The molecule has 94 valence electrons. The molecule has 1 N–H and O–H groups in total. The van der Waals surface area contributed by atoms with E-state index in [1.54, 1.807) is 0 Å². The molecule has 0 radical (unpaired) electrons. The monoisotopic (exact) mass is 242 g/mol. The minimum atomic E-state index is 0.375. The van der Waals surface area contributed by atoms with E-state index >= 15 is 0 Å². The zero-order chi connectivity index (χ0) is 12.1. The van der Waals surface area contributed by atoms with Gasteiger partial charge < -0.3 is 9.64 Å². The van der Waals surface area contributed by atoms with Crippen LogP contribution in [0.4, 0.5) is 0 Å². The highest BCUT2D eigenvalue weighted by molar-refractivity contribution is 6.00. The van der Waals surface area contributed by atoms with E-state index in [2.05, 4.69) is 23.1 Å². The lowest BCUT2D eigenvalue weighted by atomic mass is 10.0. The van der Waals surface area contributed by atoms with E-state index < -0.39 is 0 Å². The van der Waals surface area contributed by atoms with E-state index in [-0.39, 0.29) is 0 Å². The Bertz CT molecular complexity index is 495. The number of amidine groups is 1. The topological polar surface area (TPSA) is 36.3 Å². The summed E-state index contributed by atoms with van der Waals surface area (Å²) < 4.78 is 5.91. The maximum absolute atomic E-state index is 8.37. The maximum atomic E-state index is 8.37. The number of rotatable bonds is 2. The Morgan fingerprint density at radius 1 is 1.17 bits per heavy atom. The molecule has 3 aliphatic rings. The SMILES string of the molecule is N=C1c2ccccc2CN1C1CCOC1C1CC1. The van der Waals surface area contributed by atoms with Gasteiger partial charge in [0.05, 0.1) is 12.1 Å². The van der Waals surface area contributed by atoms with Crippen molar-refractivity contribution in [3.8, 4) is 0 Å². The van der Waals surface area contributed by atoms with Crippen molar-refractivity contribution in [1.82, 2.24) is 4.90 Å². The molecule has 0 amide bonds. The summed E-state index contributed by atoms with van der Waals surface area (Å²) in [5.74, 6) is 1.46. The highest BCUT2D eigenvalue weighted by atomic mass is 16.5. The molecule has 2 heterocycles. The van der Waals surface area contributed by atoms with Gasteiger partial charge in [-0.3, -0.25) is 5.41 Å². The van der Waals surface area contributed by atoms with Crippen molar-refractivity contribution in [2.24, 2.45) is 5.92 Å². The maximum Gasteiger partial charge on any atom is 0.129 e. The Hall–Kier alpha value is -1.35.